The number of methoxy groups -OCH3 is 4. The smallest absolute Gasteiger partial charge is 0.227 e. The third-order valence-electron chi connectivity index (χ3n) is 5.42. The number of rotatable bonds is 8. The van der Waals surface area contributed by atoms with Gasteiger partial charge in [-0.1, -0.05) is 18.2 Å². The van der Waals surface area contributed by atoms with Gasteiger partial charge in [0.25, 0.3) is 0 Å². The monoisotopic (exact) mass is 414 g/mol. The molecule has 1 amide bonds. The van der Waals surface area contributed by atoms with E-state index in [2.05, 4.69) is 17.0 Å². The minimum atomic E-state index is 0.0876. The summed E-state index contributed by atoms with van der Waals surface area (Å²) in [5, 5.41) is 0. The highest BCUT2D eigenvalue weighted by Gasteiger charge is 2.24. The van der Waals surface area contributed by atoms with Crippen LogP contribution in [0.3, 0.4) is 0 Å². The van der Waals surface area contributed by atoms with Gasteiger partial charge >= 0.3 is 0 Å². The second kappa shape index (κ2) is 10.2. The Hall–Kier alpha value is -2.93. The number of ether oxygens (including phenoxy) is 4. The molecule has 0 spiro atoms. The lowest BCUT2D eigenvalue weighted by atomic mass is 10.1. The predicted octanol–water partition coefficient (Wildman–Crippen LogP) is 2.61. The van der Waals surface area contributed by atoms with Crippen LogP contribution in [-0.4, -0.2) is 70.3 Å². The Kier molecular flexibility index (Phi) is 7.41. The standard InChI is InChI=1S/C23H30N2O5/c1-27-19-8-5-17(6-9-19)16-24-11-13-25(14-12-24)21(26)15-18-7-10-20(28-2)23(30-4)22(18)29-3/h5-10H,11-16H2,1-4H3. The molecule has 3 rings (SSSR count). The van der Waals surface area contributed by atoms with Crippen molar-refractivity contribution in [1.82, 2.24) is 9.80 Å². The Morgan fingerprint density at radius 1 is 0.800 bits per heavy atom. The van der Waals surface area contributed by atoms with E-state index in [1.54, 1.807) is 34.5 Å². The average molecular weight is 415 g/mol. The van der Waals surface area contributed by atoms with Gasteiger partial charge in [0.15, 0.2) is 11.5 Å². The Balaban J connectivity index is 1.57. The van der Waals surface area contributed by atoms with Crippen LogP contribution in [0.2, 0.25) is 0 Å². The zero-order valence-corrected chi connectivity index (χ0v) is 18.1. The first-order chi connectivity index (χ1) is 14.6. The first-order valence-corrected chi connectivity index (χ1v) is 10.0. The van der Waals surface area contributed by atoms with Gasteiger partial charge < -0.3 is 23.8 Å². The molecule has 0 bridgehead atoms. The highest BCUT2D eigenvalue weighted by molar-refractivity contribution is 5.80. The van der Waals surface area contributed by atoms with Crippen molar-refractivity contribution in [2.75, 3.05) is 54.6 Å². The van der Waals surface area contributed by atoms with Crippen molar-refractivity contribution in [3.63, 3.8) is 0 Å². The summed E-state index contributed by atoms with van der Waals surface area (Å²) < 4.78 is 21.5. The topological polar surface area (TPSA) is 60.5 Å². The SMILES string of the molecule is COc1ccc(CN2CCN(C(=O)Cc3ccc(OC)c(OC)c3OC)CC2)cc1. The predicted molar refractivity (Wildman–Crippen MR) is 115 cm³/mol. The van der Waals surface area contributed by atoms with Gasteiger partial charge in [-0.3, -0.25) is 9.69 Å². The van der Waals surface area contributed by atoms with Crippen LogP contribution >= 0.6 is 0 Å². The van der Waals surface area contributed by atoms with Crippen molar-refractivity contribution in [2.45, 2.75) is 13.0 Å². The van der Waals surface area contributed by atoms with E-state index in [1.165, 1.54) is 5.56 Å². The van der Waals surface area contributed by atoms with Crippen LogP contribution in [0.15, 0.2) is 36.4 Å². The van der Waals surface area contributed by atoms with E-state index >= 15 is 0 Å². The second-order valence-electron chi connectivity index (χ2n) is 7.18. The molecular formula is C23H30N2O5. The maximum Gasteiger partial charge on any atom is 0.227 e. The van der Waals surface area contributed by atoms with Crippen LogP contribution in [0.5, 0.6) is 23.0 Å². The Bertz CT molecular complexity index is 845. The van der Waals surface area contributed by atoms with E-state index in [0.29, 0.717) is 30.3 Å². The zero-order chi connectivity index (χ0) is 21.5. The van der Waals surface area contributed by atoms with Crippen LogP contribution in [-0.2, 0) is 17.8 Å². The van der Waals surface area contributed by atoms with Gasteiger partial charge in [-0.25, -0.2) is 0 Å². The maximum atomic E-state index is 12.9. The number of benzene rings is 2. The van der Waals surface area contributed by atoms with Gasteiger partial charge in [-0.2, -0.15) is 0 Å². The van der Waals surface area contributed by atoms with Gasteiger partial charge in [0.1, 0.15) is 5.75 Å². The molecule has 0 N–H and O–H groups in total. The van der Waals surface area contributed by atoms with E-state index in [4.69, 9.17) is 18.9 Å². The normalized spacial score (nSPS) is 14.3. The second-order valence-corrected chi connectivity index (χ2v) is 7.18. The summed E-state index contributed by atoms with van der Waals surface area (Å²) in [5.41, 5.74) is 2.03. The molecule has 0 aliphatic carbocycles. The molecule has 0 aromatic heterocycles. The third-order valence-corrected chi connectivity index (χ3v) is 5.42. The Morgan fingerprint density at radius 2 is 1.47 bits per heavy atom. The molecule has 7 heteroatoms. The van der Waals surface area contributed by atoms with Crippen LogP contribution in [0, 0.1) is 0 Å². The summed E-state index contributed by atoms with van der Waals surface area (Å²) in [5.74, 6) is 2.58. The van der Waals surface area contributed by atoms with Gasteiger partial charge in [-0.05, 0) is 23.8 Å². The van der Waals surface area contributed by atoms with Crippen LogP contribution in [0.4, 0.5) is 0 Å². The number of piperazine rings is 1. The van der Waals surface area contributed by atoms with E-state index in [0.717, 1.165) is 30.9 Å². The molecule has 1 heterocycles. The minimum Gasteiger partial charge on any atom is -0.497 e. The molecule has 1 fully saturated rings. The molecule has 2 aromatic carbocycles. The number of carbonyl (C=O) groups excluding carboxylic acids is 1. The van der Waals surface area contributed by atoms with Crippen molar-refractivity contribution >= 4 is 5.91 Å². The van der Waals surface area contributed by atoms with E-state index < -0.39 is 0 Å². The van der Waals surface area contributed by atoms with Gasteiger partial charge in [0, 0.05) is 38.3 Å². The molecule has 1 saturated heterocycles. The molecule has 0 unspecified atom stereocenters. The molecule has 0 radical (unpaired) electrons. The summed E-state index contributed by atoms with van der Waals surface area (Å²) in [6, 6.07) is 11.8. The summed E-state index contributed by atoms with van der Waals surface area (Å²) in [6.45, 7) is 3.99. The van der Waals surface area contributed by atoms with Gasteiger partial charge in [0.05, 0.1) is 34.9 Å². The summed E-state index contributed by atoms with van der Waals surface area (Å²) in [4.78, 5) is 17.2. The highest BCUT2D eigenvalue weighted by Crippen LogP contribution is 2.40. The molecule has 30 heavy (non-hydrogen) atoms. The number of hydrogen-bond acceptors (Lipinski definition) is 6. The largest absolute Gasteiger partial charge is 0.497 e. The third kappa shape index (κ3) is 4.97. The number of carbonyl (C=O) groups is 1. The quantitative estimate of drug-likeness (QED) is 0.662. The molecular weight excluding hydrogens is 384 g/mol. The van der Waals surface area contributed by atoms with Crippen molar-refractivity contribution in [3.8, 4) is 23.0 Å². The lowest BCUT2D eigenvalue weighted by molar-refractivity contribution is -0.132. The van der Waals surface area contributed by atoms with E-state index in [9.17, 15) is 4.79 Å². The zero-order valence-electron chi connectivity index (χ0n) is 18.1. The van der Waals surface area contributed by atoms with Crippen LogP contribution in [0.25, 0.3) is 0 Å². The van der Waals surface area contributed by atoms with Crippen LogP contribution < -0.4 is 18.9 Å². The fourth-order valence-corrected chi connectivity index (χ4v) is 3.72. The number of nitrogens with zero attached hydrogens (tertiary/aromatic N) is 2. The van der Waals surface area contributed by atoms with Gasteiger partial charge in [0.2, 0.25) is 11.7 Å². The lowest BCUT2D eigenvalue weighted by Crippen LogP contribution is -2.48. The van der Waals surface area contributed by atoms with Crippen molar-refractivity contribution < 1.29 is 23.7 Å². The number of amides is 1. The summed E-state index contributed by atoms with van der Waals surface area (Å²) in [6.07, 6.45) is 0.266. The number of hydrogen-bond donors (Lipinski definition) is 0. The molecule has 0 atom stereocenters. The molecule has 1 aliphatic rings. The van der Waals surface area contributed by atoms with Crippen LogP contribution in [0.1, 0.15) is 11.1 Å². The Morgan fingerprint density at radius 3 is 2.03 bits per heavy atom. The molecule has 0 saturated carbocycles. The highest BCUT2D eigenvalue weighted by atomic mass is 16.5. The lowest BCUT2D eigenvalue weighted by Gasteiger charge is -2.35. The fourth-order valence-electron chi connectivity index (χ4n) is 3.72. The van der Waals surface area contributed by atoms with Gasteiger partial charge in [-0.15, -0.1) is 0 Å². The van der Waals surface area contributed by atoms with Crippen molar-refractivity contribution in [1.29, 1.82) is 0 Å². The Labute approximate surface area is 178 Å². The molecule has 162 valence electrons. The first kappa shape index (κ1) is 21.8. The first-order valence-electron chi connectivity index (χ1n) is 10.0. The summed E-state index contributed by atoms with van der Waals surface area (Å²) in [7, 11) is 6.38. The molecule has 1 aliphatic heterocycles. The molecule has 7 nitrogen and oxygen atoms in total. The van der Waals surface area contributed by atoms with Crippen molar-refractivity contribution in [2.24, 2.45) is 0 Å². The fraction of sp³-hybridized carbons (Fsp3) is 0.435. The minimum absolute atomic E-state index is 0.0876. The molecule has 2 aromatic rings. The maximum absolute atomic E-state index is 12.9. The van der Waals surface area contributed by atoms with E-state index in [-0.39, 0.29) is 12.3 Å². The summed E-state index contributed by atoms with van der Waals surface area (Å²) >= 11 is 0. The average Bonchev–Trinajstić information content (AvgIpc) is 2.79. The van der Waals surface area contributed by atoms with Crippen molar-refractivity contribution in [3.05, 3.63) is 47.5 Å². The van der Waals surface area contributed by atoms with E-state index in [1.807, 2.05) is 23.1 Å².